The number of carboxylic acid groups (broad SMARTS) is 1. The van der Waals surface area contributed by atoms with Gasteiger partial charge >= 0.3 is 5.97 Å². The highest BCUT2D eigenvalue weighted by Crippen LogP contribution is 2.18. The molecule has 0 unspecified atom stereocenters. The van der Waals surface area contributed by atoms with E-state index in [9.17, 15) is 19.5 Å². The zero-order valence-electron chi connectivity index (χ0n) is 15.6. The normalized spacial score (nSPS) is 11.4. The highest BCUT2D eigenvalue weighted by Gasteiger charge is 2.22. The van der Waals surface area contributed by atoms with Crippen LogP contribution in [0.1, 0.15) is 27.1 Å². The summed E-state index contributed by atoms with van der Waals surface area (Å²) in [5.74, 6) is -0.810. The second-order valence-electron chi connectivity index (χ2n) is 5.87. The van der Waals surface area contributed by atoms with Gasteiger partial charge in [0.05, 0.1) is 18.4 Å². The fraction of sp³-hybridized carbons (Fsp3) is 0.250. The Balaban J connectivity index is 2.15. The number of para-hydroxylation sites is 1. The summed E-state index contributed by atoms with van der Waals surface area (Å²) in [7, 11) is 1.54. The molecule has 0 aromatic heterocycles. The number of hydrogen-bond donors (Lipinski definition) is 3. The number of thioether (sulfide) groups is 1. The summed E-state index contributed by atoms with van der Waals surface area (Å²) in [6, 6.07) is 12.0. The quantitative estimate of drug-likeness (QED) is 0.596. The summed E-state index contributed by atoms with van der Waals surface area (Å²) in [6.45, 7) is 0. The summed E-state index contributed by atoms with van der Waals surface area (Å²) in [4.78, 5) is 36.4. The van der Waals surface area contributed by atoms with E-state index >= 15 is 0 Å². The van der Waals surface area contributed by atoms with E-state index in [1.807, 2.05) is 6.26 Å². The fourth-order valence-electron chi connectivity index (χ4n) is 2.46. The maximum atomic E-state index is 12.6. The molecule has 8 heteroatoms. The van der Waals surface area contributed by atoms with Crippen molar-refractivity contribution in [2.45, 2.75) is 12.5 Å². The number of carboxylic acids is 1. The first-order chi connectivity index (χ1) is 13.5. The van der Waals surface area contributed by atoms with Crippen LogP contribution in [0.5, 0.6) is 5.75 Å². The number of carbonyl (C=O) groups is 3. The van der Waals surface area contributed by atoms with Gasteiger partial charge in [-0.1, -0.05) is 12.1 Å². The predicted molar refractivity (Wildman–Crippen MR) is 109 cm³/mol. The van der Waals surface area contributed by atoms with E-state index in [0.717, 1.165) is 0 Å². The summed E-state index contributed by atoms with van der Waals surface area (Å²) < 4.78 is 5.07. The second kappa shape index (κ2) is 10.4. The Morgan fingerprint density at radius 1 is 1.07 bits per heavy atom. The van der Waals surface area contributed by atoms with Gasteiger partial charge in [0.2, 0.25) is 0 Å². The van der Waals surface area contributed by atoms with Crippen LogP contribution in [0.3, 0.4) is 0 Å². The molecule has 0 spiro atoms. The Hall–Kier alpha value is -3.00. The van der Waals surface area contributed by atoms with Gasteiger partial charge in [0, 0.05) is 5.56 Å². The van der Waals surface area contributed by atoms with Crippen LogP contribution in [0.25, 0.3) is 0 Å². The van der Waals surface area contributed by atoms with E-state index in [1.54, 1.807) is 42.5 Å². The molecule has 0 bridgehead atoms. The smallest absolute Gasteiger partial charge is 0.326 e. The number of benzene rings is 2. The largest absolute Gasteiger partial charge is 0.497 e. The van der Waals surface area contributed by atoms with Crippen LogP contribution in [-0.4, -0.2) is 48.1 Å². The van der Waals surface area contributed by atoms with E-state index in [4.69, 9.17) is 4.74 Å². The lowest BCUT2D eigenvalue weighted by Gasteiger charge is -2.16. The molecule has 0 saturated heterocycles. The van der Waals surface area contributed by atoms with Gasteiger partial charge in [-0.25, -0.2) is 4.79 Å². The monoisotopic (exact) mass is 402 g/mol. The number of methoxy groups -OCH3 is 1. The number of hydrogen-bond acceptors (Lipinski definition) is 5. The van der Waals surface area contributed by atoms with Gasteiger partial charge in [0.15, 0.2) is 0 Å². The Bertz CT molecular complexity index is 839. The van der Waals surface area contributed by atoms with Gasteiger partial charge < -0.3 is 20.5 Å². The van der Waals surface area contributed by atoms with Crippen molar-refractivity contribution in [3.05, 3.63) is 59.7 Å². The fourth-order valence-corrected chi connectivity index (χ4v) is 2.93. The molecule has 2 rings (SSSR count). The minimum Gasteiger partial charge on any atom is -0.497 e. The molecule has 1 atom stereocenters. The van der Waals surface area contributed by atoms with Gasteiger partial charge in [-0.15, -0.1) is 0 Å². The van der Waals surface area contributed by atoms with E-state index in [2.05, 4.69) is 10.6 Å². The number of amides is 2. The molecule has 2 aromatic rings. The van der Waals surface area contributed by atoms with E-state index in [-0.39, 0.29) is 11.5 Å². The average Bonchev–Trinajstić information content (AvgIpc) is 2.71. The highest BCUT2D eigenvalue weighted by molar-refractivity contribution is 7.98. The van der Waals surface area contributed by atoms with Crippen molar-refractivity contribution in [3.8, 4) is 5.75 Å². The zero-order valence-corrected chi connectivity index (χ0v) is 16.4. The lowest BCUT2D eigenvalue weighted by Crippen LogP contribution is -2.41. The third-order valence-electron chi connectivity index (χ3n) is 3.99. The number of aliphatic carboxylic acids is 1. The Kier molecular flexibility index (Phi) is 7.88. The van der Waals surface area contributed by atoms with Crippen molar-refractivity contribution in [1.29, 1.82) is 0 Å². The third kappa shape index (κ3) is 5.75. The maximum Gasteiger partial charge on any atom is 0.326 e. The highest BCUT2D eigenvalue weighted by atomic mass is 32.2. The summed E-state index contributed by atoms with van der Waals surface area (Å²) in [5.41, 5.74) is 0.897. The first-order valence-corrected chi connectivity index (χ1v) is 9.92. The number of rotatable bonds is 9. The van der Waals surface area contributed by atoms with Crippen LogP contribution in [0.2, 0.25) is 0 Å². The number of nitrogens with one attached hydrogen (secondary N) is 2. The van der Waals surface area contributed by atoms with Crippen LogP contribution in [0, 0.1) is 0 Å². The van der Waals surface area contributed by atoms with E-state index < -0.39 is 17.9 Å². The van der Waals surface area contributed by atoms with E-state index in [1.165, 1.54) is 24.9 Å². The molecule has 0 aliphatic carbocycles. The zero-order chi connectivity index (χ0) is 20.5. The molecule has 148 valence electrons. The lowest BCUT2D eigenvalue weighted by atomic mass is 10.1. The standard InChI is InChI=1S/C20H22N2O5S/c1-27-14-9-7-13(8-10-14)18(23)21-16-6-4-3-5-15(16)19(24)22-17(20(25)26)11-12-28-2/h3-10,17H,11-12H2,1-2H3,(H,21,23)(H,22,24)(H,25,26)/t17-/m0/s1. The van der Waals surface area contributed by atoms with Crippen molar-refractivity contribution >= 4 is 35.2 Å². The molecule has 2 amide bonds. The molecule has 0 aliphatic rings. The number of anilines is 1. The van der Waals surface area contributed by atoms with Crippen LogP contribution >= 0.6 is 11.8 Å². The van der Waals surface area contributed by atoms with Gasteiger partial charge in [-0.05, 0) is 54.8 Å². The first kappa shape index (κ1) is 21.3. The Morgan fingerprint density at radius 2 is 1.75 bits per heavy atom. The maximum absolute atomic E-state index is 12.6. The lowest BCUT2D eigenvalue weighted by molar-refractivity contribution is -0.139. The molecule has 0 aliphatic heterocycles. The SMILES string of the molecule is COc1ccc(C(=O)Nc2ccccc2C(=O)N[C@@H](CCSC)C(=O)O)cc1. The number of ether oxygens (including phenoxy) is 1. The molecular weight excluding hydrogens is 380 g/mol. The van der Waals surface area contributed by atoms with Crippen LogP contribution in [0.4, 0.5) is 5.69 Å². The topological polar surface area (TPSA) is 105 Å². The molecule has 0 saturated carbocycles. The van der Waals surface area contributed by atoms with Crippen LogP contribution < -0.4 is 15.4 Å². The summed E-state index contributed by atoms with van der Waals surface area (Å²) in [5, 5.41) is 14.5. The Labute approximate surface area is 167 Å². The van der Waals surface area contributed by atoms with Crippen LogP contribution in [0.15, 0.2) is 48.5 Å². The predicted octanol–water partition coefficient (Wildman–Crippen LogP) is 2.88. The van der Waals surface area contributed by atoms with Crippen LogP contribution in [-0.2, 0) is 4.79 Å². The molecule has 0 heterocycles. The van der Waals surface area contributed by atoms with Gasteiger partial charge in [-0.2, -0.15) is 11.8 Å². The molecule has 7 nitrogen and oxygen atoms in total. The molecule has 0 fully saturated rings. The second-order valence-corrected chi connectivity index (χ2v) is 6.86. The van der Waals surface area contributed by atoms with Crippen molar-refractivity contribution in [1.82, 2.24) is 5.32 Å². The summed E-state index contributed by atoms with van der Waals surface area (Å²) in [6.07, 6.45) is 2.17. The van der Waals surface area contributed by atoms with Crippen molar-refractivity contribution in [3.63, 3.8) is 0 Å². The van der Waals surface area contributed by atoms with Crippen molar-refractivity contribution in [2.75, 3.05) is 24.4 Å². The van der Waals surface area contributed by atoms with Gasteiger partial charge in [0.1, 0.15) is 11.8 Å². The molecule has 0 radical (unpaired) electrons. The Morgan fingerprint density at radius 3 is 2.36 bits per heavy atom. The van der Waals surface area contributed by atoms with Crippen molar-refractivity contribution < 1.29 is 24.2 Å². The molecule has 2 aromatic carbocycles. The first-order valence-electron chi connectivity index (χ1n) is 8.53. The molecular formula is C20H22N2O5S. The molecule has 3 N–H and O–H groups in total. The van der Waals surface area contributed by atoms with E-state index in [0.29, 0.717) is 29.2 Å². The minimum absolute atomic E-state index is 0.194. The minimum atomic E-state index is -1.10. The van der Waals surface area contributed by atoms with Gasteiger partial charge in [-0.3, -0.25) is 9.59 Å². The third-order valence-corrected chi connectivity index (χ3v) is 4.63. The van der Waals surface area contributed by atoms with Gasteiger partial charge in [0.25, 0.3) is 11.8 Å². The average molecular weight is 402 g/mol. The number of carbonyl (C=O) groups excluding carboxylic acids is 2. The molecule has 28 heavy (non-hydrogen) atoms. The van der Waals surface area contributed by atoms with Crippen molar-refractivity contribution in [2.24, 2.45) is 0 Å². The summed E-state index contributed by atoms with van der Waals surface area (Å²) >= 11 is 1.50.